The van der Waals surface area contributed by atoms with Gasteiger partial charge in [-0.25, -0.2) is 19.2 Å². The number of hydrogen-bond donors (Lipinski definition) is 1. The van der Waals surface area contributed by atoms with Crippen molar-refractivity contribution >= 4 is 5.97 Å². The average Bonchev–Trinajstić information content (AvgIpc) is 2.37. The van der Waals surface area contributed by atoms with E-state index in [4.69, 9.17) is 9.84 Å². The van der Waals surface area contributed by atoms with Gasteiger partial charge in [-0.2, -0.15) is 0 Å². The molecule has 0 aliphatic rings. The molecule has 1 aromatic carbocycles. The van der Waals surface area contributed by atoms with Gasteiger partial charge < -0.3 is 9.84 Å². The molecule has 20 heavy (non-hydrogen) atoms. The van der Waals surface area contributed by atoms with Crippen LogP contribution in [0.2, 0.25) is 0 Å². The van der Waals surface area contributed by atoms with Gasteiger partial charge in [0, 0.05) is 5.56 Å². The van der Waals surface area contributed by atoms with Crippen molar-refractivity contribution in [1.29, 1.82) is 0 Å². The van der Waals surface area contributed by atoms with Gasteiger partial charge in [0.25, 0.3) is 0 Å². The predicted molar refractivity (Wildman–Crippen MR) is 70.4 cm³/mol. The van der Waals surface area contributed by atoms with Crippen LogP contribution in [0.15, 0.2) is 18.2 Å². The smallest absolute Gasteiger partial charge is 0.339 e. The first-order chi connectivity index (χ1) is 9.43. The van der Waals surface area contributed by atoms with Crippen LogP contribution in [-0.4, -0.2) is 28.2 Å². The fourth-order valence-electron chi connectivity index (χ4n) is 1.95. The van der Waals surface area contributed by atoms with E-state index in [0.717, 1.165) is 0 Å². The highest BCUT2D eigenvalue weighted by Gasteiger charge is 2.16. The SMILES string of the molecule is COc1cc(-c2nc(C)c(C(=O)O)c(C)n2)ccc1F. The van der Waals surface area contributed by atoms with E-state index < -0.39 is 11.8 Å². The third-order valence-corrected chi connectivity index (χ3v) is 2.89. The first-order valence-corrected chi connectivity index (χ1v) is 5.86. The second-order valence-electron chi connectivity index (χ2n) is 4.25. The Labute approximate surface area is 115 Å². The van der Waals surface area contributed by atoms with Crippen molar-refractivity contribution in [2.45, 2.75) is 13.8 Å². The molecule has 0 aliphatic carbocycles. The summed E-state index contributed by atoms with van der Waals surface area (Å²) in [5, 5.41) is 9.08. The number of halogens is 1. The third-order valence-electron chi connectivity index (χ3n) is 2.89. The van der Waals surface area contributed by atoms with Crippen molar-refractivity contribution in [3.05, 3.63) is 41.0 Å². The fourth-order valence-corrected chi connectivity index (χ4v) is 1.95. The highest BCUT2D eigenvalue weighted by Crippen LogP contribution is 2.25. The van der Waals surface area contributed by atoms with Gasteiger partial charge in [-0.15, -0.1) is 0 Å². The number of carboxylic acids is 1. The molecule has 0 saturated heterocycles. The number of benzene rings is 1. The van der Waals surface area contributed by atoms with Gasteiger partial charge in [0.1, 0.15) is 5.56 Å². The minimum Gasteiger partial charge on any atom is -0.494 e. The minimum absolute atomic E-state index is 0.0860. The van der Waals surface area contributed by atoms with Crippen molar-refractivity contribution in [3.8, 4) is 17.1 Å². The van der Waals surface area contributed by atoms with Crippen molar-refractivity contribution in [3.63, 3.8) is 0 Å². The molecule has 0 unspecified atom stereocenters. The summed E-state index contributed by atoms with van der Waals surface area (Å²) in [7, 11) is 1.37. The van der Waals surface area contributed by atoms with Crippen molar-refractivity contribution in [2.75, 3.05) is 7.11 Å². The van der Waals surface area contributed by atoms with E-state index in [0.29, 0.717) is 22.8 Å². The molecule has 0 amide bonds. The summed E-state index contributed by atoms with van der Waals surface area (Å²) in [4.78, 5) is 19.4. The summed E-state index contributed by atoms with van der Waals surface area (Å²) in [5.74, 6) is -1.12. The van der Waals surface area contributed by atoms with Crippen molar-refractivity contribution in [1.82, 2.24) is 9.97 Å². The zero-order valence-corrected chi connectivity index (χ0v) is 11.3. The molecule has 2 aromatic rings. The van der Waals surface area contributed by atoms with Gasteiger partial charge in [0.05, 0.1) is 18.5 Å². The lowest BCUT2D eigenvalue weighted by Gasteiger charge is -2.09. The Balaban J connectivity index is 2.57. The van der Waals surface area contributed by atoms with E-state index in [-0.39, 0.29) is 11.3 Å². The highest BCUT2D eigenvalue weighted by atomic mass is 19.1. The Morgan fingerprint density at radius 3 is 2.35 bits per heavy atom. The number of carbonyl (C=O) groups is 1. The molecule has 0 atom stereocenters. The maximum atomic E-state index is 13.4. The molecule has 0 bridgehead atoms. The Morgan fingerprint density at radius 1 is 1.25 bits per heavy atom. The topological polar surface area (TPSA) is 72.3 Å². The molecule has 0 spiro atoms. The molecular weight excluding hydrogens is 263 g/mol. The zero-order chi connectivity index (χ0) is 14.9. The summed E-state index contributed by atoms with van der Waals surface area (Å²) in [6.45, 7) is 3.20. The number of ether oxygens (including phenoxy) is 1. The molecule has 2 rings (SSSR count). The van der Waals surface area contributed by atoms with E-state index in [1.807, 2.05) is 0 Å². The monoisotopic (exact) mass is 276 g/mol. The van der Waals surface area contributed by atoms with Gasteiger partial charge >= 0.3 is 5.97 Å². The number of methoxy groups -OCH3 is 1. The van der Waals surface area contributed by atoms with Gasteiger partial charge in [0.2, 0.25) is 0 Å². The molecule has 1 aromatic heterocycles. The largest absolute Gasteiger partial charge is 0.494 e. The lowest BCUT2D eigenvalue weighted by molar-refractivity contribution is 0.0694. The Hall–Kier alpha value is -2.50. The quantitative estimate of drug-likeness (QED) is 0.932. The molecule has 1 N–H and O–H groups in total. The standard InChI is InChI=1S/C14H13FN2O3/c1-7-12(14(18)19)8(2)17-13(16-7)9-4-5-10(15)11(6-9)20-3/h4-6H,1-3H3,(H,18,19). The summed E-state index contributed by atoms with van der Waals surface area (Å²) in [6, 6.07) is 4.25. The Morgan fingerprint density at radius 2 is 1.85 bits per heavy atom. The van der Waals surface area contributed by atoms with E-state index in [2.05, 4.69) is 9.97 Å². The van der Waals surface area contributed by atoms with Crippen LogP contribution in [0.5, 0.6) is 5.75 Å². The number of aromatic carboxylic acids is 1. The number of aromatic nitrogens is 2. The summed E-state index contributed by atoms with van der Waals surface area (Å²) >= 11 is 0. The molecule has 5 nitrogen and oxygen atoms in total. The van der Waals surface area contributed by atoms with Crippen LogP contribution in [0, 0.1) is 19.7 Å². The summed E-state index contributed by atoms with van der Waals surface area (Å²) < 4.78 is 18.3. The van der Waals surface area contributed by atoms with Gasteiger partial charge in [-0.1, -0.05) is 0 Å². The molecule has 0 fully saturated rings. The van der Waals surface area contributed by atoms with E-state index in [1.165, 1.54) is 25.3 Å². The van der Waals surface area contributed by atoms with Gasteiger partial charge in [-0.05, 0) is 32.0 Å². The molecule has 1 heterocycles. The number of nitrogens with zero attached hydrogens (tertiary/aromatic N) is 2. The van der Waals surface area contributed by atoms with E-state index in [1.54, 1.807) is 13.8 Å². The van der Waals surface area contributed by atoms with Crippen LogP contribution < -0.4 is 4.74 Å². The van der Waals surface area contributed by atoms with Crippen LogP contribution in [0.1, 0.15) is 21.7 Å². The zero-order valence-electron chi connectivity index (χ0n) is 11.3. The summed E-state index contributed by atoms with van der Waals surface area (Å²) in [6.07, 6.45) is 0. The first-order valence-electron chi connectivity index (χ1n) is 5.86. The van der Waals surface area contributed by atoms with Gasteiger partial charge in [-0.3, -0.25) is 0 Å². The number of aryl methyl sites for hydroxylation is 2. The first kappa shape index (κ1) is 13.9. The number of carboxylic acid groups (broad SMARTS) is 1. The molecule has 0 radical (unpaired) electrons. The van der Waals surface area contributed by atoms with Crippen LogP contribution in [-0.2, 0) is 0 Å². The number of hydrogen-bond acceptors (Lipinski definition) is 4. The molecule has 0 saturated carbocycles. The maximum absolute atomic E-state index is 13.4. The molecule has 104 valence electrons. The van der Waals surface area contributed by atoms with E-state index in [9.17, 15) is 9.18 Å². The fraction of sp³-hybridized carbons (Fsp3) is 0.214. The predicted octanol–water partition coefficient (Wildman–Crippen LogP) is 2.61. The van der Waals surface area contributed by atoms with E-state index >= 15 is 0 Å². The van der Waals surface area contributed by atoms with Crippen LogP contribution >= 0.6 is 0 Å². The maximum Gasteiger partial charge on any atom is 0.339 e. The lowest BCUT2D eigenvalue weighted by Crippen LogP contribution is -2.08. The number of rotatable bonds is 3. The summed E-state index contributed by atoms with van der Waals surface area (Å²) in [5.41, 5.74) is 1.38. The molecular formula is C14H13FN2O3. The third kappa shape index (κ3) is 2.45. The lowest BCUT2D eigenvalue weighted by atomic mass is 10.1. The molecule has 0 aliphatic heterocycles. The Bertz CT molecular complexity index is 663. The van der Waals surface area contributed by atoms with Crippen LogP contribution in [0.3, 0.4) is 0 Å². The minimum atomic E-state index is -1.07. The van der Waals surface area contributed by atoms with Crippen molar-refractivity contribution in [2.24, 2.45) is 0 Å². The second kappa shape index (κ2) is 5.24. The van der Waals surface area contributed by atoms with Crippen molar-refractivity contribution < 1.29 is 19.0 Å². The average molecular weight is 276 g/mol. The second-order valence-corrected chi connectivity index (χ2v) is 4.25. The highest BCUT2D eigenvalue weighted by molar-refractivity contribution is 5.90. The molecule has 6 heteroatoms. The van der Waals surface area contributed by atoms with Crippen LogP contribution in [0.4, 0.5) is 4.39 Å². The normalized spacial score (nSPS) is 10.4. The van der Waals surface area contributed by atoms with Gasteiger partial charge in [0.15, 0.2) is 17.4 Å². The Kier molecular flexibility index (Phi) is 3.65. The van der Waals surface area contributed by atoms with Crippen LogP contribution in [0.25, 0.3) is 11.4 Å².